The molecule has 4 aromatic rings. The quantitative estimate of drug-likeness (QED) is 0.486. The first kappa shape index (κ1) is 18.9. The van der Waals surface area contributed by atoms with Crippen LogP contribution < -0.4 is 0 Å². The maximum atomic E-state index is 9.44. The third-order valence-corrected chi connectivity index (χ3v) is 5.41. The van der Waals surface area contributed by atoms with E-state index in [-0.39, 0.29) is 0 Å². The van der Waals surface area contributed by atoms with Crippen molar-refractivity contribution >= 4 is 11.2 Å². The Morgan fingerprint density at radius 3 is 2.45 bits per heavy atom. The van der Waals surface area contributed by atoms with Crippen molar-refractivity contribution in [2.45, 2.75) is 47.2 Å². The average molecular weight is 383 g/mol. The van der Waals surface area contributed by atoms with Gasteiger partial charge >= 0.3 is 0 Å². The molecule has 0 saturated carbocycles. The number of benzene rings is 1. The molecule has 0 radical (unpaired) electrons. The van der Waals surface area contributed by atoms with Gasteiger partial charge in [0.05, 0.1) is 17.8 Å². The third-order valence-electron chi connectivity index (χ3n) is 5.41. The van der Waals surface area contributed by atoms with Crippen molar-refractivity contribution in [3.05, 3.63) is 70.8 Å². The van der Waals surface area contributed by atoms with Gasteiger partial charge in [0.1, 0.15) is 17.4 Å². The molecule has 3 aromatic heterocycles. The molecule has 0 aliphatic heterocycles. The minimum atomic E-state index is 0.712. The fraction of sp³-hybridized carbons (Fsp3) is 0.292. The molecule has 29 heavy (non-hydrogen) atoms. The molecule has 0 saturated heterocycles. The van der Waals surface area contributed by atoms with E-state index in [1.165, 1.54) is 11.1 Å². The fourth-order valence-electron chi connectivity index (χ4n) is 3.98. The first-order chi connectivity index (χ1) is 14.0. The maximum absolute atomic E-state index is 9.44. The number of aryl methyl sites for hydroxylation is 4. The standard InChI is InChI=1S/C24H25N5/c1-5-21-27-22-16(3)13-17(4)26-24(22)29(21)15-18-7-9-19(10-8-18)23-20(14-25)11-12-28(23)6-2/h7-13H,5-6,15H2,1-4H3. The van der Waals surface area contributed by atoms with Gasteiger partial charge in [0, 0.05) is 24.9 Å². The van der Waals surface area contributed by atoms with Crippen molar-refractivity contribution in [3.8, 4) is 17.3 Å². The number of aromatic nitrogens is 4. The van der Waals surface area contributed by atoms with E-state index in [1.54, 1.807) is 0 Å². The van der Waals surface area contributed by atoms with Gasteiger partial charge < -0.3 is 9.13 Å². The summed E-state index contributed by atoms with van der Waals surface area (Å²) in [6.07, 6.45) is 2.84. The second-order valence-corrected chi connectivity index (χ2v) is 7.39. The van der Waals surface area contributed by atoms with Gasteiger partial charge in [-0.2, -0.15) is 5.26 Å². The van der Waals surface area contributed by atoms with E-state index in [0.717, 1.165) is 53.4 Å². The van der Waals surface area contributed by atoms with Crippen molar-refractivity contribution in [3.63, 3.8) is 0 Å². The number of rotatable bonds is 5. The number of imidazole rings is 1. The van der Waals surface area contributed by atoms with Gasteiger partial charge in [-0.05, 0) is 49.6 Å². The van der Waals surface area contributed by atoms with Crippen molar-refractivity contribution in [2.75, 3.05) is 0 Å². The van der Waals surface area contributed by atoms with E-state index in [0.29, 0.717) is 5.56 Å². The lowest BCUT2D eigenvalue weighted by molar-refractivity contribution is 0.745. The van der Waals surface area contributed by atoms with Crippen LogP contribution >= 0.6 is 0 Å². The van der Waals surface area contributed by atoms with Gasteiger partial charge in [-0.15, -0.1) is 0 Å². The largest absolute Gasteiger partial charge is 0.347 e. The van der Waals surface area contributed by atoms with Crippen LogP contribution in [0.4, 0.5) is 0 Å². The first-order valence-electron chi connectivity index (χ1n) is 10.1. The summed E-state index contributed by atoms with van der Waals surface area (Å²) in [6.45, 7) is 9.91. The zero-order chi connectivity index (χ0) is 20.5. The lowest BCUT2D eigenvalue weighted by Gasteiger charge is -2.11. The summed E-state index contributed by atoms with van der Waals surface area (Å²) < 4.78 is 4.33. The zero-order valence-electron chi connectivity index (χ0n) is 17.4. The number of hydrogen-bond acceptors (Lipinski definition) is 3. The molecule has 0 aliphatic carbocycles. The Morgan fingerprint density at radius 2 is 1.79 bits per heavy atom. The van der Waals surface area contributed by atoms with Crippen LogP contribution in [0.5, 0.6) is 0 Å². The van der Waals surface area contributed by atoms with Crippen molar-refractivity contribution in [1.29, 1.82) is 5.26 Å². The number of hydrogen-bond donors (Lipinski definition) is 0. The van der Waals surface area contributed by atoms with E-state index in [2.05, 4.69) is 66.3 Å². The molecule has 3 heterocycles. The molecular weight excluding hydrogens is 358 g/mol. The molecule has 0 atom stereocenters. The second kappa shape index (κ2) is 7.56. The summed E-state index contributed by atoms with van der Waals surface area (Å²) in [5.41, 5.74) is 8.07. The maximum Gasteiger partial charge on any atom is 0.160 e. The molecule has 0 amide bonds. The van der Waals surface area contributed by atoms with Crippen LogP contribution in [0.2, 0.25) is 0 Å². The van der Waals surface area contributed by atoms with Crippen molar-refractivity contribution in [2.24, 2.45) is 0 Å². The van der Waals surface area contributed by atoms with Gasteiger partial charge in [-0.3, -0.25) is 0 Å². The summed E-state index contributed by atoms with van der Waals surface area (Å²) in [5, 5.41) is 9.44. The lowest BCUT2D eigenvalue weighted by Crippen LogP contribution is -2.06. The predicted molar refractivity (Wildman–Crippen MR) is 116 cm³/mol. The van der Waals surface area contributed by atoms with Gasteiger partial charge in [0.25, 0.3) is 0 Å². The van der Waals surface area contributed by atoms with E-state index < -0.39 is 0 Å². The Labute approximate surface area is 171 Å². The van der Waals surface area contributed by atoms with Gasteiger partial charge in [0.2, 0.25) is 0 Å². The SMILES string of the molecule is CCc1nc2c(C)cc(C)nc2n1Cc1ccc(-c2c(C#N)ccn2CC)cc1. The van der Waals surface area contributed by atoms with E-state index in [1.807, 2.05) is 19.2 Å². The molecule has 1 aromatic carbocycles. The summed E-state index contributed by atoms with van der Waals surface area (Å²) >= 11 is 0. The molecule has 5 nitrogen and oxygen atoms in total. The van der Waals surface area contributed by atoms with E-state index in [4.69, 9.17) is 9.97 Å². The third kappa shape index (κ3) is 3.31. The van der Waals surface area contributed by atoms with Crippen LogP contribution in [0.1, 0.15) is 42.1 Å². The summed E-state index contributed by atoms with van der Waals surface area (Å²) in [5.74, 6) is 1.05. The Bertz CT molecular complexity index is 1220. The van der Waals surface area contributed by atoms with Crippen LogP contribution in [0.25, 0.3) is 22.4 Å². The molecule has 0 N–H and O–H groups in total. The Balaban J connectivity index is 1.72. The fourth-order valence-corrected chi connectivity index (χ4v) is 3.98. The van der Waals surface area contributed by atoms with Crippen molar-refractivity contribution in [1.82, 2.24) is 19.1 Å². The number of fused-ring (bicyclic) bond motifs is 1. The van der Waals surface area contributed by atoms with E-state index >= 15 is 0 Å². The van der Waals surface area contributed by atoms with Crippen molar-refractivity contribution < 1.29 is 0 Å². The Kier molecular flexibility index (Phi) is 4.94. The highest BCUT2D eigenvalue weighted by atomic mass is 15.1. The molecule has 146 valence electrons. The minimum absolute atomic E-state index is 0.712. The summed E-state index contributed by atoms with van der Waals surface area (Å²) in [6, 6.07) is 14.8. The van der Waals surface area contributed by atoms with Crippen LogP contribution in [0, 0.1) is 25.2 Å². The Morgan fingerprint density at radius 1 is 1.03 bits per heavy atom. The van der Waals surface area contributed by atoms with Crippen LogP contribution in [0.15, 0.2) is 42.6 Å². The molecule has 4 rings (SSSR count). The van der Waals surface area contributed by atoms with Crippen LogP contribution in [-0.2, 0) is 19.5 Å². The monoisotopic (exact) mass is 383 g/mol. The minimum Gasteiger partial charge on any atom is -0.347 e. The van der Waals surface area contributed by atoms with Gasteiger partial charge in [-0.1, -0.05) is 31.2 Å². The lowest BCUT2D eigenvalue weighted by atomic mass is 10.1. The normalized spacial score (nSPS) is 11.1. The zero-order valence-corrected chi connectivity index (χ0v) is 17.4. The van der Waals surface area contributed by atoms with Gasteiger partial charge in [-0.25, -0.2) is 9.97 Å². The highest BCUT2D eigenvalue weighted by Crippen LogP contribution is 2.26. The number of pyridine rings is 1. The van der Waals surface area contributed by atoms with Crippen LogP contribution in [0.3, 0.4) is 0 Å². The second-order valence-electron chi connectivity index (χ2n) is 7.39. The molecule has 0 aliphatic rings. The highest BCUT2D eigenvalue weighted by Gasteiger charge is 2.15. The van der Waals surface area contributed by atoms with Crippen LogP contribution in [-0.4, -0.2) is 19.1 Å². The summed E-state index contributed by atoms with van der Waals surface area (Å²) in [7, 11) is 0. The number of nitriles is 1. The smallest absolute Gasteiger partial charge is 0.160 e. The van der Waals surface area contributed by atoms with E-state index in [9.17, 15) is 5.26 Å². The molecular formula is C24H25N5. The molecule has 5 heteroatoms. The predicted octanol–water partition coefficient (Wildman–Crippen LogP) is 5.02. The molecule has 0 spiro atoms. The Hall–Kier alpha value is -3.39. The topological polar surface area (TPSA) is 59.4 Å². The highest BCUT2D eigenvalue weighted by molar-refractivity contribution is 5.76. The molecule has 0 unspecified atom stereocenters. The molecule has 0 bridgehead atoms. The molecule has 0 fully saturated rings. The summed E-state index contributed by atoms with van der Waals surface area (Å²) in [4.78, 5) is 9.60. The number of nitrogens with zero attached hydrogens (tertiary/aromatic N) is 5. The average Bonchev–Trinajstić information content (AvgIpc) is 3.30. The first-order valence-corrected chi connectivity index (χ1v) is 10.1. The van der Waals surface area contributed by atoms with Gasteiger partial charge in [0.15, 0.2) is 5.65 Å².